The molecule has 0 spiro atoms. The lowest BCUT2D eigenvalue weighted by atomic mass is 9.46. The number of aliphatic hydroxyl groups excluding tert-OH is 4. The van der Waals surface area contributed by atoms with Gasteiger partial charge in [-0.2, -0.15) is 0 Å². The Morgan fingerprint density at radius 2 is 1.85 bits per heavy atom. The van der Waals surface area contributed by atoms with Crippen molar-refractivity contribution in [3.8, 4) is 0 Å². The van der Waals surface area contributed by atoms with E-state index in [0.717, 1.165) is 25.7 Å². The third-order valence-corrected chi connectivity index (χ3v) is 10.1. The Bertz CT molecular complexity index is 912. The van der Waals surface area contributed by atoms with Crippen molar-refractivity contribution in [1.82, 2.24) is 0 Å². The van der Waals surface area contributed by atoms with Gasteiger partial charge in [0.2, 0.25) is 0 Å². The molecule has 224 valence electrons. The van der Waals surface area contributed by atoms with Crippen LogP contribution in [0.25, 0.3) is 0 Å². The van der Waals surface area contributed by atoms with E-state index in [2.05, 4.69) is 40.7 Å². The summed E-state index contributed by atoms with van der Waals surface area (Å²) in [6.07, 6.45) is 1.04. The van der Waals surface area contributed by atoms with Crippen molar-refractivity contribution >= 4 is 5.97 Å². The first-order chi connectivity index (χ1) is 18.2. The van der Waals surface area contributed by atoms with Crippen molar-refractivity contribution in [2.45, 2.75) is 130 Å². The van der Waals surface area contributed by atoms with Crippen molar-refractivity contribution in [3.05, 3.63) is 23.3 Å². The predicted molar refractivity (Wildman–Crippen MR) is 148 cm³/mol. The highest BCUT2D eigenvalue weighted by Crippen LogP contribution is 2.62. The van der Waals surface area contributed by atoms with Crippen molar-refractivity contribution in [2.75, 3.05) is 6.61 Å². The lowest BCUT2D eigenvalue weighted by molar-refractivity contribution is -0.325. The van der Waals surface area contributed by atoms with Crippen molar-refractivity contribution in [3.63, 3.8) is 0 Å². The van der Waals surface area contributed by atoms with Gasteiger partial charge in [-0.3, -0.25) is 0 Å². The number of aliphatic hydroxyl groups is 4. The second-order valence-corrected chi connectivity index (χ2v) is 13.2. The van der Waals surface area contributed by atoms with Gasteiger partial charge in [0.05, 0.1) is 12.2 Å². The summed E-state index contributed by atoms with van der Waals surface area (Å²) in [6, 6.07) is 0. The molecule has 0 unspecified atom stereocenters. The van der Waals surface area contributed by atoms with Crippen LogP contribution in [0.4, 0.5) is 0 Å². The second-order valence-electron chi connectivity index (χ2n) is 13.2. The molecule has 0 aromatic heterocycles. The van der Waals surface area contributed by atoms with Gasteiger partial charge in [-0.05, 0) is 76.5 Å². The van der Waals surface area contributed by atoms with Crippen LogP contribution in [-0.4, -0.2) is 75.9 Å². The number of hydrogen-bond donors (Lipinski definition) is 4. The zero-order chi connectivity index (χ0) is 29.3. The third kappa shape index (κ3) is 6.47. The molecular weight excluding hydrogens is 500 g/mol. The highest BCUT2D eigenvalue weighted by Gasteiger charge is 2.61. The fourth-order valence-corrected chi connectivity index (χ4v) is 7.48. The van der Waals surface area contributed by atoms with Gasteiger partial charge in [0.25, 0.3) is 0 Å². The molecule has 1 saturated heterocycles. The van der Waals surface area contributed by atoms with Crippen LogP contribution in [0.5, 0.6) is 0 Å². The van der Waals surface area contributed by atoms with E-state index in [9.17, 15) is 25.2 Å². The Morgan fingerprint density at radius 1 is 1.18 bits per heavy atom. The Hall–Kier alpha value is -1.29. The zero-order valence-corrected chi connectivity index (χ0v) is 25.1. The van der Waals surface area contributed by atoms with Crippen LogP contribution in [0.3, 0.4) is 0 Å². The van der Waals surface area contributed by atoms with Crippen LogP contribution in [0.1, 0.15) is 87.5 Å². The van der Waals surface area contributed by atoms with Gasteiger partial charge in [-0.15, -0.1) is 0 Å². The number of esters is 1. The maximum Gasteiger partial charge on any atom is 0.333 e. The fraction of sp³-hybridized carbons (Fsp3) is 0.839. The average Bonchev–Trinajstić information content (AvgIpc) is 2.87. The lowest BCUT2D eigenvalue weighted by Gasteiger charge is -2.61. The van der Waals surface area contributed by atoms with E-state index < -0.39 is 54.3 Å². The SMILES string of the molecule is C/C=C(/C)C(=O)O[C@@H]1[C@@H](O[C@@H]2O[C@@H](C)[C@H](O)[C@@H](O)[C@H]2O)C[C@@]2(C)[C@H](CC[C@H](C)CCO)C(C)=CC[C@@H]2C1(C)C. The lowest BCUT2D eigenvalue weighted by Crippen LogP contribution is -2.64. The molecule has 2 aliphatic carbocycles. The first-order valence-corrected chi connectivity index (χ1v) is 14.7. The molecule has 0 bridgehead atoms. The Kier molecular flexibility index (Phi) is 10.5. The van der Waals surface area contributed by atoms with Crippen LogP contribution in [0, 0.1) is 28.6 Å². The van der Waals surface area contributed by atoms with E-state index in [1.54, 1.807) is 26.8 Å². The molecule has 1 heterocycles. The maximum atomic E-state index is 13.0. The summed E-state index contributed by atoms with van der Waals surface area (Å²) in [6.45, 7) is 16.3. The summed E-state index contributed by atoms with van der Waals surface area (Å²) in [5.41, 5.74) is 1.19. The van der Waals surface area contributed by atoms with Gasteiger partial charge in [-0.25, -0.2) is 4.79 Å². The summed E-state index contributed by atoms with van der Waals surface area (Å²) in [4.78, 5) is 13.0. The summed E-state index contributed by atoms with van der Waals surface area (Å²) in [5.74, 6) is 0.492. The van der Waals surface area contributed by atoms with Gasteiger partial charge in [-0.1, -0.05) is 51.8 Å². The van der Waals surface area contributed by atoms with Crippen molar-refractivity contribution in [2.24, 2.45) is 28.6 Å². The number of fused-ring (bicyclic) bond motifs is 1. The molecule has 3 rings (SSSR count). The molecule has 0 aromatic rings. The number of ether oxygens (including phenoxy) is 3. The highest BCUT2D eigenvalue weighted by molar-refractivity contribution is 5.87. The second kappa shape index (κ2) is 12.7. The molecule has 0 aromatic carbocycles. The van der Waals surface area contributed by atoms with E-state index >= 15 is 0 Å². The van der Waals surface area contributed by atoms with Crippen LogP contribution in [-0.2, 0) is 19.0 Å². The summed E-state index contributed by atoms with van der Waals surface area (Å²) < 4.78 is 18.5. The predicted octanol–water partition coefficient (Wildman–Crippen LogP) is 3.89. The average molecular weight is 553 g/mol. The van der Waals surface area contributed by atoms with Gasteiger partial charge >= 0.3 is 5.97 Å². The minimum atomic E-state index is -1.44. The molecule has 2 fully saturated rings. The van der Waals surface area contributed by atoms with E-state index in [1.165, 1.54) is 5.57 Å². The molecule has 1 saturated carbocycles. The van der Waals surface area contributed by atoms with Gasteiger partial charge < -0.3 is 34.6 Å². The molecular formula is C31H52O8. The molecule has 3 aliphatic rings. The molecule has 11 atom stereocenters. The van der Waals surface area contributed by atoms with E-state index in [4.69, 9.17) is 14.2 Å². The Morgan fingerprint density at radius 3 is 2.46 bits per heavy atom. The third-order valence-electron chi connectivity index (χ3n) is 10.1. The Balaban J connectivity index is 1.99. The number of carbonyl (C=O) groups is 1. The monoisotopic (exact) mass is 552 g/mol. The van der Waals surface area contributed by atoms with Gasteiger partial charge in [0.1, 0.15) is 24.4 Å². The first kappa shape index (κ1) is 32.2. The molecule has 0 amide bonds. The molecule has 8 nitrogen and oxygen atoms in total. The van der Waals surface area contributed by atoms with Crippen molar-refractivity contribution in [1.29, 1.82) is 0 Å². The zero-order valence-electron chi connectivity index (χ0n) is 25.1. The first-order valence-electron chi connectivity index (χ1n) is 14.7. The molecule has 8 heteroatoms. The topological polar surface area (TPSA) is 126 Å². The van der Waals surface area contributed by atoms with Crippen LogP contribution >= 0.6 is 0 Å². The summed E-state index contributed by atoms with van der Waals surface area (Å²) >= 11 is 0. The van der Waals surface area contributed by atoms with Crippen molar-refractivity contribution < 1.29 is 39.4 Å². The molecule has 39 heavy (non-hydrogen) atoms. The number of carbonyl (C=O) groups excluding carboxylic acids is 1. The minimum Gasteiger partial charge on any atom is -0.456 e. The van der Waals surface area contributed by atoms with Crippen LogP contribution in [0.2, 0.25) is 0 Å². The maximum absolute atomic E-state index is 13.0. The van der Waals surface area contributed by atoms with Gasteiger partial charge in [0, 0.05) is 17.6 Å². The molecule has 4 N–H and O–H groups in total. The smallest absolute Gasteiger partial charge is 0.333 e. The summed E-state index contributed by atoms with van der Waals surface area (Å²) in [5, 5.41) is 40.8. The van der Waals surface area contributed by atoms with Crippen LogP contribution < -0.4 is 0 Å². The largest absolute Gasteiger partial charge is 0.456 e. The Labute approximate surface area is 234 Å². The molecule has 1 aliphatic heterocycles. The molecule has 0 radical (unpaired) electrons. The van der Waals surface area contributed by atoms with E-state index in [0.29, 0.717) is 17.9 Å². The summed E-state index contributed by atoms with van der Waals surface area (Å²) in [7, 11) is 0. The number of hydrogen-bond acceptors (Lipinski definition) is 8. The quantitative estimate of drug-likeness (QED) is 0.193. The number of rotatable bonds is 9. The fourth-order valence-electron chi connectivity index (χ4n) is 7.48. The highest BCUT2D eigenvalue weighted by atomic mass is 16.7. The normalized spacial score (nSPS) is 41.4. The minimum absolute atomic E-state index is 0.185. The standard InChI is InChI=1S/C31H52O8/c1-9-18(3)28(36)39-27-22(38-29-26(35)25(34)24(33)20(5)37-29)16-31(8)21(12-10-17(2)14-15-32)19(4)11-13-23(31)30(27,6)7/h9,11,17,20-27,29,32-35H,10,12-16H2,1-8H3/b18-9-/t17-,20-,21+,22-,23+,24-,25+,26+,27+,29-,31-/m0/s1. The van der Waals surface area contributed by atoms with Gasteiger partial charge in [0.15, 0.2) is 6.29 Å². The number of allylic oxidation sites excluding steroid dienone is 3. The van der Waals surface area contributed by atoms with E-state index in [-0.39, 0.29) is 23.9 Å². The van der Waals surface area contributed by atoms with Crippen LogP contribution in [0.15, 0.2) is 23.3 Å². The van der Waals surface area contributed by atoms with E-state index in [1.807, 2.05) is 0 Å².